The van der Waals surface area contributed by atoms with Crippen LogP contribution < -0.4 is 5.32 Å². The number of rotatable bonds is 5. The van der Waals surface area contributed by atoms with Gasteiger partial charge >= 0.3 is 0 Å². The monoisotopic (exact) mass is 292 g/mol. The van der Waals surface area contributed by atoms with E-state index in [0.29, 0.717) is 18.0 Å². The molecule has 1 aromatic heterocycles. The van der Waals surface area contributed by atoms with Gasteiger partial charge in [-0.05, 0) is 17.7 Å². The number of hydrogen-bond donors (Lipinski definition) is 1. The Kier molecular flexibility index (Phi) is 4.84. The molecule has 0 aliphatic carbocycles. The summed E-state index contributed by atoms with van der Waals surface area (Å²) < 4.78 is 13.0. The summed E-state index contributed by atoms with van der Waals surface area (Å²) >= 11 is 1.60. The molecule has 0 fully saturated rings. The van der Waals surface area contributed by atoms with Crippen LogP contribution in [-0.4, -0.2) is 10.9 Å². The lowest BCUT2D eigenvalue weighted by Crippen LogP contribution is -2.24. The van der Waals surface area contributed by atoms with Gasteiger partial charge in [-0.25, -0.2) is 9.37 Å². The number of carbonyl (C=O) groups is 1. The molecule has 1 N–H and O–H groups in total. The second-order valence-electron chi connectivity index (χ2n) is 4.92. The fraction of sp³-hybridized carbons (Fsp3) is 0.333. The molecule has 5 heteroatoms. The highest BCUT2D eigenvalue weighted by Gasteiger charge is 2.08. The third-order valence-corrected chi connectivity index (χ3v) is 3.98. The third-order valence-electron chi connectivity index (χ3n) is 2.78. The van der Waals surface area contributed by atoms with Gasteiger partial charge in [0.15, 0.2) is 0 Å². The van der Waals surface area contributed by atoms with E-state index in [1.165, 1.54) is 12.1 Å². The lowest BCUT2D eigenvalue weighted by atomic mass is 10.1. The van der Waals surface area contributed by atoms with E-state index in [-0.39, 0.29) is 18.1 Å². The fourth-order valence-corrected chi connectivity index (χ4v) is 2.59. The number of benzene rings is 1. The topological polar surface area (TPSA) is 42.0 Å². The largest absolute Gasteiger partial charge is 0.350 e. The summed E-state index contributed by atoms with van der Waals surface area (Å²) in [5.41, 5.74) is 1.54. The number of nitrogens with one attached hydrogen (secondary N) is 1. The first-order valence-corrected chi connectivity index (χ1v) is 7.38. The molecule has 0 spiro atoms. The van der Waals surface area contributed by atoms with Gasteiger partial charge in [0.2, 0.25) is 5.91 Å². The van der Waals surface area contributed by atoms with Crippen LogP contribution in [0.1, 0.15) is 36.0 Å². The zero-order valence-corrected chi connectivity index (χ0v) is 12.3. The predicted molar refractivity (Wildman–Crippen MR) is 78.2 cm³/mol. The van der Waals surface area contributed by atoms with Gasteiger partial charge in [0.05, 0.1) is 23.7 Å². The summed E-state index contributed by atoms with van der Waals surface area (Å²) in [5.74, 6) is -0.0529. The first-order chi connectivity index (χ1) is 9.54. The van der Waals surface area contributed by atoms with E-state index in [0.717, 1.165) is 10.7 Å². The van der Waals surface area contributed by atoms with Crippen LogP contribution in [0.3, 0.4) is 0 Å². The summed E-state index contributed by atoms with van der Waals surface area (Å²) in [6, 6.07) is 6.08. The van der Waals surface area contributed by atoms with Crippen LogP contribution in [0.2, 0.25) is 0 Å². The van der Waals surface area contributed by atoms with Gasteiger partial charge in [-0.3, -0.25) is 4.79 Å². The molecule has 0 saturated heterocycles. The van der Waals surface area contributed by atoms with Crippen LogP contribution in [0.5, 0.6) is 0 Å². The zero-order valence-electron chi connectivity index (χ0n) is 11.5. The maximum Gasteiger partial charge on any atom is 0.224 e. The number of hydrogen-bond acceptors (Lipinski definition) is 3. The van der Waals surface area contributed by atoms with Crippen molar-refractivity contribution in [3.63, 3.8) is 0 Å². The molecule has 0 radical (unpaired) electrons. The molecule has 0 bridgehead atoms. The van der Waals surface area contributed by atoms with Crippen molar-refractivity contribution in [3.05, 3.63) is 51.7 Å². The van der Waals surface area contributed by atoms with Gasteiger partial charge < -0.3 is 5.32 Å². The van der Waals surface area contributed by atoms with Gasteiger partial charge in [0, 0.05) is 11.3 Å². The summed E-state index contributed by atoms with van der Waals surface area (Å²) in [5, 5.41) is 5.83. The molecule has 20 heavy (non-hydrogen) atoms. The molecule has 106 valence electrons. The maximum atomic E-state index is 13.0. The van der Waals surface area contributed by atoms with Crippen molar-refractivity contribution in [2.24, 2.45) is 0 Å². The van der Waals surface area contributed by atoms with Crippen molar-refractivity contribution in [1.29, 1.82) is 0 Å². The third kappa shape index (κ3) is 4.13. The van der Waals surface area contributed by atoms with Crippen LogP contribution in [0, 0.1) is 5.82 Å². The van der Waals surface area contributed by atoms with E-state index in [4.69, 9.17) is 0 Å². The molecule has 2 rings (SSSR count). The Morgan fingerprint density at radius 2 is 2.25 bits per heavy atom. The van der Waals surface area contributed by atoms with Crippen molar-refractivity contribution in [1.82, 2.24) is 10.3 Å². The summed E-state index contributed by atoms with van der Waals surface area (Å²) in [6.45, 7) is 4.59. The van der Waals surface area contributed by atoms with Crippen LogP contribution in [0.25, 0.3) is 0 Å². The van der Waals surface area contributed by atoms with Gasteiger partial charge in [-0.1, -0.05) is 26.0 Å². The molecule has 0 unspecified atom stereocenters. The van der Waals surface area contributed by atoms with E-state index >= 15 is 0 Å². The van der Waals surface area contributed by atoms with Gasteiger partial charge in [-0.2, -0.15) is 0 Å². The van der Waals surface area contributed by atoms with Crippen molar-refractivity contribution in [3.8, 4) is 0 Å². The highest BCUT2D eigenvalue weighted by Crippen LogP contribution is 2.18. The highest BCUT2D eigenvalue weighted by molar-refractivity contribution is 7.09. The Balaban J connectivity index is 1.85. The van der Waals surface area contributed by atoms with Crippen molar-refractivity contribution in [2.45, 2.75) is 32.7 Å². The molecule has 0 aliphatic rings. The van der Waals surface area contributed by atoms with Crippen molar-refractivity contribution < 1.29 is 9.18 Å². The number of carbonyl (C=O) groups excluding carboxylic acids is 1. The Morgan fingerprint density at radius 1 is 1.45 bits per heavy atom. The lowest BCUT2D eigenvalue weighted by Gasteiger charge is -2.04. The number of halogens is 1. The standard InChI is InChI=1S/C15H17FN2OS/c1-10(2)15-18-13(9-20-15)8-17-14(19)7-11-4-3-5-12(16)6-11/h3-6,9-10H,7-8H2,1-2H3,(H,17,19). The summed E-state index contributed by atoms with van der Waals surface area (Å²) in [7, 11) is 0. The smallest absolute Gasteiger partial charge is 0.224 e. The minimum Gasteiger partial charge on any atom is -0.350 e. The number of aromatic nitrogens is 1. The average Bonchev–Trinajstić information content (AvgIpc) is 2.85. The predicted octanol–water partition coefficient (Wildman–Crippen LogP) is 3.26. The second kappa shape index (κ2) is 6.61. The Bertz CT molecular complexity index is 595. The summed E-state index contributed by atoms with van der Waals surface area (Å²) in [6.07, 6.45) is 0.179. The van der Waals surface area contributed by atoms with Crippen LogP contribution >= 0.6 is 11.3 Å². The number of amides is 1. The lowest BCUT2D eigenvalue weighted by molar-refractivity contribution is -0.120. The van der Waals surface area contributed by atoms with Crippen LogP contribution in [0.15, 0.2) is 29.6 Å². The van der Waals surface area contributed by atoms with Crippen molar-refractivity contribution in [2.75, 3.05) is 0 Å². The maximum absolute atomic E-state index is 13.0. The Labute approximate surface area is 121 Å². The number of nitrogens with zero attached hydrogens (tertiary/aromatic N) is 1. The number of thiazole rings is 1. The van der Waals surface area contributed by atoms with Gasteiger partial charge in [-0.15, -0.1) is 11.3 Å². The molecule has 3 nitrogen and oxygen atoms in total. The molecule has 1 aromatic carbocycles. The molecule has 0 saturated carbocycles. The molecular formula is C15H17FN2OS. The van der Waals surface area contributed by atoms with E-state index in [1.54, 1.807) is 23.5 Å². The average molecular weight is 292 g/mol. The SMILES string of the molecule is CC(C)c1nc(CNC(=O)Cc2cccc(F)c2)cs1. The Morgan fingerprint density at radius 3 is 2.90 bits per heavy atom. The highest BCUT2D eigenvalue weighted by atomic mass is 32.1. The quantitative estimate of drug-likeness (QED) is 0.919. The van der Waals surface area contributed by atoms with Gasteiger partial charge in [0.25, 0.3) is 0 Å². The first-order valence-electron chi connectivity index (χ1n) is 6.50. The second-order valence-corrected chi connectivity index (χ2v) is 5.80. The molecule has 1 amide bonds. The Hall–Kier alpha value is -1.75. The molecular weight excluding hydrogens is 275 g/mol. The first kappa shape index (κ1) is 14.7. The van der Waals surface area contributed by atoms with E-state index in [2.05, 4.69) is 24.1 Å². The zero-order chi connectivity index (χ0) is 14.5. The van der Waals surface area contributed by atoms with Crippen LogP contribution in [-0.2, 0) is 17.8 Å². The van der Waals surface area contributed by atoms with E-state index in [9.17, 15) is 9.18 Å². The van der Waals surface area contributed by atoms with E-state index in [1.807, 2.05) is 5.38 Å². The molecule has 0 aliphatic heterocycles. The fourth-order valence-electron chi connectivity index (χ4n) is 1.75. The minimum atomic E-state index is -0.323. The van der Waals surface area contributed by atoms with Crippen LogP contribution in [0.4, 0.5) is 4.39 Å². The molecule has 2 aromatic rings. The van der Waals surface area contributed by atoms with Gasteiger partial charge in [0.1, 0.15) is 5.82 Å². The minimum absolute atomic E-state index is 0.130. The molecule has 1 heterocycles. The van der Waals surface area contributed by atoms with Crippen molar-refractivity contribution >= 4 is 17.2 Å². The summed E-state index contributed by atoms with van der Waals surface area (Å²) in [4.78, 5) is 16.2. The normalized spacial score (nSPS) is 10.8. The molecule has 0 atom stereocenters. The van der Waals surface area contributed by atoms with E-state index < -0.39 is 0 Å².